The number of aliphatic hydroxyl groups is 1. The topological polar surface area (TPSA) is 47.3 Å². The Labute approximate surface area is 127 Å². The zero-order valence-corrected chi connectivity index (χ0v) is 12.8. The first-order chi connectivity index (χ1) is 9.54. The number of nitrogens with zero attached hydrogens (tertiary/aromatic N) is 2. The molecule has 0 saturated carbocycles. The molecule has 0 aliphatic rings. The maximum absolute atomic E-state index is 10.6. The summed E-state index contributed by atoms with van der Waals surface area (Å²) in [6.07, 6.45) is 0.649. The van der Waals surface area contributed by atoms with Crippen molar-refractivity contribution < 1.29 is 9.84 Å². The highest BCUT2D eigenvalue weighted by atomic mass is 35.5. The van der Waals surface area contributed by atoms with E-state index in [-0.39, 0.29) is 0 Å². The third-order valence-corrected chi connectivity index (χ3v) is 3.66. The van der Waals surface area contributed by atoms with Crippen molar-refractivity contribution in [2.75, 3.05) is 13.7 Å². The van der Waals surface area contributed by atoms with Crippen LogP contribution < -0.4 is 0 Å². The standard InChI is InChI=1S/C14H16Cl2N2O2/c1-9-3-4-10(15)7-11(9)14(19)13-12(16)8-17-18(13)5-6-20-2/h3-4,7-8,14,19H,5-6H2,1-2H3. The minimum Gasteiger partial charge on any atom is -0.383 e. The normalized spacial score (nSPS) is 12.7. The van der Waals surface area contributed by atoms with Gasteiger partial charge in [-0.05, 0) is 30.2 Å². The van der Waals surface area contributed by atoms with Crippen LogP contribution in [0.4, 0.5) is 0 Å². The lowest BCUT2D eigenvalue weighted by atomic mass is 10.0. The fourth-order valence-corrected chi connectivity index (χ4v) is 2.48. The van der Waals surface area contributed by atoms with E-state index in [4.69, 9.17) is 27.9 Å². The minimum atomic E-state index is -0.874. The number of ether oxygens (including phenoxy) is 1. The molecule has 2 aromatic rings. The quantitative estimate of drug-likeness (QED) is 0.921. The Morgan fingerprint density at radius 2 is 2.15 bits per heavy atom. The van der Waals surface area contributed by atoms with Crippen LogP contribution in [-0.2, 0) is 11.3 Å². The van der Waals surface area contributed by atoms with E-state index < -0.39 is 6.10 Å². The second-order valence-electron chi connectivity index (χ2n) is 4.50. The van der Waals surface area contributed by atoms with Crippen LogP contribution in [0.2, 0.25) is 10.0 Å². The largest absolute Gasteiger partial charge is 0.383 e. The SMILES string of the molecule is COCCn1ncc(Cl)c1C(O)c1cc(Cl)ccc1C. The van der Waals surface area contributed by atoms with Crippen LogP contribution in [-0.4, -0.2) is 28.6 Å². The predicted octanol–water partition coefficient (Wildman–Crippen LogP) is 3.23. The van der Waals surface area contributed by atoms with Gasteiger partial charge in [0, 0.05) is 12.1 Å². The van der Waals surface area contributed by atoms with Gasteiger partial charge in [0.05, 0.1) is 30.1 Å². The molecule has 1 aromatic carbocycles. The van der Waals surface area contributed by atoms with E-state index in [1.54, 1.807) is 23.9 Å². The van der Waals surface area contributed by atoms with Crippen LogP contribution in [0, 0.1) is 6.92 Å². The van der Waals surface area contributed by atoms with Gasteiger partial charge in [0.1, 0.15) is 6.10 Å². The number of methoxy groups -OCH3 is 1. The average molecular weight is 315 g/mol. The molecule has 1 unspecified atom stereocenters. The Kier molecular flexibility index (Phi) is 5.05. The van der Waals surface area contributed by atoms with Gasteiger partial charge in [-0.15, -0.1) is 0 Å². The Morgan fingerprint density at radius 1 is 1.40 bits per heavy atom. The molecule has 0 spiro atoms. The van der Waals surface area contributed by atoms with Crippen molar-refractivity contribution in [1.29, 1.82) is 0 Å². The Balaban J connectivity index is 2.39. The fraction of sp³-hybridized carbons (Fsp3) is 0.357. The van der Waals surface area contributed by atoms with E-state index in [9.17, 15) is 5.11 Å². The maximum atomic E-state index is 10.6. The number of aliphatic hydroxyl groups excluding tert-OH is 1. The first kappa shape index (κ1) is 15.3. The second-order valence-corrected chi connectivity index (χ2v) is 5.34. The van der Waals surface area contributed by atoms with E-state index in [1.807, 2.05) is 13.0 Å². The number of hydrogen-bond donors (Lipinski definition) is 1. The summed E-state index contributed by atoms with van der Waals surface area (Å²) < 4.78 is 6.68. The number of rotatable bonds is 5. The van der Waals surface area contributed by atoms with E-state index in [2.05, 4.69) is 5.10 Å². The molecule has 1 aromatic heterocycles. The second kappa shape index (κ2) is 6.59. The first-order valence-electron chi connectivity index (χ1n) is 6.19. The third-order valence-electron chi connectivity index (χ3n) is 3.14. The molecule has 4 nitrogen and oxygen atoms in total. The molecule has 0 bridgehead atoms. The molecule has 1 N–H and O–H groups in total. The molecule has 0 saturated heterocycles. The zero-order valence-electron chi connectivity index (χ0n) is 11.3. The lowest BCUT2D eigenvalue weighted by Crippen LogP contribution is -2.14. The van der Waals surface area contributed by atoms with Crippen LogP contribution in [0.5, 0.6) is 0 Å². The Hall–Kier alpha value is -1.07. The van der Waals surface area contributed by atoms with Gasteiger partial charge in [-0.1, -0.05) is 29.3 Å². The van der Waals surface area contributed by atoms with E-state index in [1.165, 1.54) is 6.20 Å². The van der Waals surface area contributed by atoms with Crippen molar-refractivity contribution in [2.24, 2.45) is 0 Å². The molecule has 0 aliphatic carbocycles. The minimum absolute atomic E-state index is 0.424. The molecule has 0 fully saturated rings. The average Bonchev–Trinajstić information content (AvgIpc) is 2.79. The van der Waals surface area contributed by atoms with Gasteiger partial charge in [0.2, 0.25) is 0 Å². The Morgan fingerprint density at radius 3 is 2.85 bits per heavy atom. The van der Waals surface area contributed by atoms with E-state index in [0.717, 1.165) is 11.1 Å². The smallest absolute Gasteiger partial charge is 0.122 e. The predicted molar refractivity (Wildman–Crippen MR) is 79.4 cm³/mol. The molecule has 0 radical (unpaired) electrons. The molecular weight excluding hydrogens is 299 g/mol. The van der Waals surface area contributed by atoms with Crippen molar-refractivity contribution in [1.82, 2.24) is 9.78 Å². The number of benzene rings is 1. The van der Waals surface area contributed by atoms with Crippen LogP contribution in [0.3, 0.4) is 0 Å². The van der Waals surface area contributed by atoms with Gasteiger partial charge in [0.15, 0.2) is 0 Å². The monoisotopic (exact) mass is 314 g/mol. The summed E-state index contributed by atoms with van der Waals surface area (Å²) in [6.45, 7) is 2.93. The summed E-state index contributed by atoms with van der Waals surface area (Å²) in [4.78, 5) is 0. The van der Waals surface area contributed by atoms with Gasteiger partial charge in [0.25, 0.3) is 0 Å². The van der Waals surface area contributed by atoms with Crippen LogP contribution >= 0.6 is 23.2 Å². The molecule has 1 heterocycles. The van der Waals surface area contributed by atoms with Crippen molar-refractivity contribution in [3.63, 3.8) is 0 Å². The van der Waals surface area contributed by atoms with Crippen LogP contribution in [0.25, 0.3) is 0 Å². The molecule has 20 heavy (non-hydrogen) atoms. The lowest BCUT2D eigenvalue weighted by molar-refractivity contribution is 0.171. The van der Waals surface area contributed by atoms with Crippen LogP contribution in [0.1, 0.15) is 22.9 Å². The van der Waals surface area contributed by atoms with E-state index in [0.29, 0.717) is 28.9 Å². The molecule has 0 amide bonds. The van der Waals surface area contributed by atoms with Crippen molar-refractivity contribution in [3.8, 4) is 0 Å². The number of halogens is 2. The van der Waals surface area contributed by atoms with Crippen LogP contribution in [0.15, 0.2) is 24.4 Å². The first-order valence-corrected chi connectivity index (χ1v) is 6.94. The van der Waals surface area contributed by atoms with Crippen molar-refractivity contribution in [3.05, 3.63) is 51.3 Å². The van der Waals surface area contributed by atoms with Gasteiger partial charge in [-0.3, -0.25) is 4.68 Å². The summed E-state index contributed by atoms with van der Waals surface area (Å²) >= 11 is 12.1. The molecule has 0 aliphatic heterocycles. The van der Waals surface area contributed by atoms with Gasteiger partial charge in [-0.25, -0.2) is 0 Å². The molecular formula is C14H16Cl2N2O2. The van der Waals surface area contributed by atoms with Gasteiger partial charge < -0.3 is 9.84 Å². The van der Waals surface area contributed by atoms with Gasteiger partial charge in [-0.2, -0.15) is 5.10 Å². The molecule has 2 rings (SSSR count). The van der Waals surface area contributed by atoms with Crippen molar-refractivity contribution >= 4 is 23.2 Å². The Bertz CT molecular complexity index is 599. The van der Waals surface area contributed by atoms with Crippen molar-refractivity contribution in [2.45, 2.75) is 19.6 Å². The zero-order chi connectivity index (χ0) is 14.7. The summed E-state index contributed by atoms with van der Waals surface area (Å²) in [5, 5.41) is 15.8. The highest BCUT2D eigenvalue weighted by molar-refractivity contribution is 6.31. The summed E-state index contributed by atoms with van der Waals surface area (Å²) in [6, 6.07) is 5.40. The molecule has 108 valence electrons. The number of aryl methyl sites for hydroxylation is 1. The third kappa shape index (κ3) is 3.15. The maximum Gasteiger partial charge on any atom is 0.122 e. The number of aromatic nitrogens is 2. The molecule has 1 atom stereocenters. The van der Waals surface area contributed by atoms with E-state index >= 15 is 0 Å². The summed E-state index contributed by atoms with van der Waals surface area (Å²) in [7, 11) is 1.61. The highest BCUT2D eigenvalue weighted by Crippen LogP contribution is 2.31. The number of hydrogen-bond acceptors (Lipinski definition) is 3. The fourth-order valence-electron chi connectivity index (χ4n) is 2.05. The summed E-state index contributed by atoms with van der Waals surface area (Å²) in [5.41, 5.74) is 2.21. The molecule has 6 heteroatoms. The highest BCUT2D eigenvalue weighted by Gasteiger charge is 2.21. The van der Waals surface area contributed by atoms with Gasteiger partial charge >= 0.3 is 0 Å². The summed E-state index contributed by atoms with van der Waals surface area (Å²) in [5.74, 6) is 0. The lowest BCUT2D eigenvalue weighted by Gasteiger charge is -2.16.